The first-order valence-electron chi connectivity index (χ1n) is 8.08. The van der Waals surface area contributed by atoms with Gasteiger partial charge < -0.3 is 9.64 Å². The Morgan fingerprint density at radius 2 is 2.24 bits per heavy atom. The predicted octanol–water partition coefficient (Wildman–Crippen LogP) is 1.58. The number of nitriles is 1. The summed E-state index contributed by atoms with van der Waals surface area (Å²) < 4.78 is 5.75. The molecule has 1 fully saturated rings. The van der Waals surface area contributed by atoms with Gasteiger partial charge in [0.15, 0.2) is 11.6 Å². The lowest BCUT2D eigenvalue weighted by molar-refractivity contribution is -0.0268. The van der Waals surface area contributed by atoms with Crippen LogP contribution in [0.15, 0.2) is 18.3 Å². The number of hydrogen-bond acceptors (Lipinski definition) is 6. The Morgan fingerprint density at radius 1 is 1.44 bits per heavy atom. The Hall–Kier alpha value is -2.79. The maximum atomic E-state index is 12.6. The van der Waals surface area contributed by atoms with Crippen molar-refractivity contribution >= 4 is 5.91 Å². The van der Waals surface area contributed by atoms with E-state index in [0.29, 0.717) is 42.6 Å². The van der Waals surface area contributed by atoms with Crippen molar-refractivity contribution in [3.63, 3.8) is 0 Å². The Kier molecular flexibility index (Phi) is 4.51. The SMILES string of the molecule is CC(C)(C)c1n[nH]c([C@@H]2CN(C(=O)c3ccc(C#N)cn3)CCO2)n1. The van der Waals surface area contributed by atoms with Gasteiger partial charge in [-0.1, -0.05) is 20.8 Å². The van der Waals surface area contributed by atoms with Gasteiger partial charge in [0.25, 0.3) is 5.91 Å². The van der Waals surface area contributed by atoms with Crippen LogP contribution in [0, 0.1) is 11.3 Å². The summed E-state index contributed by atoms with van der Waals surface area (Å²) in [7, 11) is 0. The number of nitrogens with one attached hydrogen (secondary N) is 1. The fourth-order valence-electron chi connectivity index (χ4n) is 2.50. The topological polar surface area (TPSA) is 108 Å². The standard InChI is InChI=1S/C17H20N6O2/c1-17(2,3)16-20-14(21-22-16)13-10-23(6-7-25-13)15(24)12-5-4-11(8-18)9-19-12/h4-5,9,13H,6-7,10H2,1-3H3,(H,20,21,22)/t13-/m0/s1. The predicted molar refractivity (Wildman–Crippen MR) is 88.6 cm³/mol. The lowest BCUT2D eigenvalue weighted by Crippen LogP contribution is -2.42. The third kappa shape index (κ3) is 3.67. The highest BCUT2D eigenvalue weighted by Gasteiger charge is 2.30. The molecule has 3 rings (SSSR count). The molecule has 0 spiro atoms. The van der Waals surface area contributed by atoms with Crippen LogP contribution in [0.4, 0.5) is 0 Å². The van der Waals surface area contributed by atoms with E-state index < -0.39 is 0 Å². The van der Waals surface area contributed by atoms with Crippen molar-refractivity contribution in [1.82, 2.24) is 25.1 Å². The minimum absolute atomic E-state index is 0.161. The third-order valence-corrected chi connectivity index (χ3v) is 3.94. The van der Waals surface area contributed by atoms with E-state index in [9.17, 15) is 4.79 Å². The van der Waals surface area contributed by atoms with E-state index in [0.717, 1.165) is 0 Å². The molecule has 1 amide bonds. The van der Waals surface area contributed by atoms with E-state index in [4.69, 9.17) is 10.00 Å². The van der Waals surface area contributed by atoms with Crippen molar-refractivity contribution in [2.24, 2.45) is 0 Å². The molecule has 0 saturated carbocycles. The summed E-state index contributed by atoms with van der Waals surface area (Å²) in [4.78, 5) is 22.9. The van der Waals surface area contributed by atoms with Crippen LogP contribution in [-0.2, 0) is 10.2 Å². The number of rotatable bonds is 2. The highest BCUT2D eigenvalue weighted by atomic mass is 16.5. The fourth-order valence-corrected chi connectivity index (χ4v) is 2.50. The fraction of sp³-hybridized carbons (Fsp3) is 0.471. The van der Waals surface area contributed by atoms with E-state index in [1.807, 2.05) is 26.8 Å². The summed E-state index contributed by atoms with van der Waals surface area (Å²) in [5.41, 5.74) is 0.575. The molecule has 130 valence electrons. The second kappa shape index (κ2) is 6.61. The summed E-state index contributed by atoms with van der Waals surface area (Å²) in [5, 5.41) is 16.0. The van der Waals surface area contributed by atoms with Gasteiger partial charge in [-0.3, -0.25) is 9.89 Å². The number of ether oxygens (including phenoxy) is 1. The number of H-pyrrole nitrogens is 1. The van der Waals surface area contributed by atoms with Gasteiger partial charge in [0.1, 0.15) is 17.9 Å². The highest BCUT2D eigenvalue weighted by Crippen LogP contribution is 2.23. The number of pyridine rings is 1. The van der Waals surface area contributed by atoms with E-state index in [1.54, 1.807) is 17.0 Å². The highest BCUT2D eigenvalue weighted by molar-refractivity contribution is 5.92. The summed E-state index contributed by atoms with van der Waals surface area (Å²) in [6.45, 7) is 7.38. The van der Waals surface area contributed by atoms with Gasteiger partial charge in [-0.05, 0) is 12.1 Å². The summed E-state index contributed by atoms with van der Waals surface area (Å²) in [5.74, 6) is 1.15. The smallest absolute Gasteiger partial charge is 0.272 e. The second-order valence-electron chi connectivity index (χ2n) is 6.95. The minimum Gasteiger partial charge on any atom is -0.367 e. The maximum absolute atomic E-state index is 12.6. The van der Waals surface area contributed by atoms with Crippen LogP contribution < -0.4 is 0 Å². The Balaban J connectivity index is 1.73. The Labute approximate surface area is 145 Å². The third-order valence-electron chi connectivity index (χ3n) is 3.94. The molecule has 0 radical (unpaired) electrons. The summed E-state index contributed by atoms with van der Waals surface area (Å²) in [6.07, 6.45) is 1.05. The molecule has 3 heterocycles. The summed E-state index contributed by atoms with van der Waals surface area (Å²) >= 11 is 0. The zero-order valence-electron chi connectivity index (χ0n) is 14.5. The molecule has 1 atom stereocenters. The normalized spacial score (nSPS) is 18.0. The molecule has 8 heteroatoms. The lowest BCUT2D eigenvalue weighted by atomic mass is 9.96. The first kappa shape index (κ1) is 17.0. The number of morpholine rings is 1. The average Bonchev–Trinajstić information content (AvgIpc) is 3.12. The molecule has 25 heavy (non-hydrogen) atoms. The molecule has 2 aromatic rings. The van der Waals surface area contributed by atoms with Crippen molar-refractivity contribution in [1.29, 1.82) is 5.26 Å². The molecular weight excluding hydrogens is 320 g/mol. The van der Waals surface area contributed by atoms with Crippen molar-refractivity contribution in [2.45, 2.75) is 32.3 Å². The quantitative estimate of drug-likeness (QED) is 0.889. The van der Waals surface area contributed by atoms with Gasteiger partial charge in [-0.25, -0.2) is 9.97 Å². The number of nitrogens with zero attached hydrogens (tertiary/aromatic N) is 5. The number of aromatic nitrogens is 4. The van der Waals surface area contributed by atoms with Crippen LogP contribution in [0.3, 0.4) is 0 Å². The van der Waals surface area contributed by atoms with Crippen LogP contribution >= 0.6 is 0 Å². The number of hydrogen-bond donors (Lipinski definition) is 1. The van der Waals surface area contributed by atoms with Gasteiger partial charge in [-0.2, -0.15) is 10.4 Å². The number of carbonyl (C=O) groups is 1. The zero-order chi connectivity index (χ0) is 18.0. The van der Waals surface area contributed by atoms with Gasteiger partial charge in [0, 0.05) is 18.2 Å². The molecule has 1 saturated heterocycles. The molecule has 8 nitrogen and oxygen atoms in total. The molecule has 1 aliphatic heterocycles. The van der Waals surface area contributed by atoms with Crippen LogP contribution in [0.2, 0.25) is 0 Å². The van der Waals surface area contributed by atoms with Crippen LogP contribution in [-0.4, -0.2) is 50.7 Å². The molecular formula is C17H20N6O2. The largest absolute Gasteiger partial charge is 0.367 e. The maximum Gasteiger partial charge on any atom is 0.272 e. The van der Waals surface area contributed by atoms with Crippen molar-refractivity contribution in [3.8, 4) is 6.07 Å². The zero-order valence-corrected chi connectivity index (χ0v) is 14.5. The van der Waals surface area contributed by atoms with E-state index in [1.165, 1.54) is 6.20 Å². The average molecular weight is 340 g/mol. The van der Waals surface area contributed by atoms with Crippen molar-refractivity contribution in [2.75, 3.05) is 19.7 Å². The van der Waals surface area contributed by atoms with Gasteiger partial charge in [0.05, 0.1) is 18.7 Å². The Bertz CT molecular complexity index is 800. The van der Waals surface area contributed by atoms with Crippen LogP contribution in [0.25, 0.3) is 0 Å². The number of aromatic amines is 1. The number of carbonyl (C=O) groups excluding carboxylic acids is 1. The van der Waals surface area contributed by atoms with E-state index >= 15 is 0 Å². The minimum atomic E-state index is -0.348. The van der Waals surface area contributed by atoms with E-state index in [-0.39, 0.29) is 17.4 Å². The molecule has 1 N–H and O–H groups in total. The molecule has 0 aromatic carbocycles. The van der Waals surface area contributed by atoms with Crippen LogP contribution in [0.1, 0.15) is 54.6 Å². The van der Waals surface area contributed by atoms with Gasteiger partial charge >= 0.3 is 0 Å². The Morgan fingerprint density at radius 3 is 2.84 bits per heavy atom. The van der Waals surface area contributed by atoms with Gasteiger partial charge in [-0.15, -0.1) is 0 Å². The van der Waals surface area contributed by atoms with Crippen molar-refractivity contribution < 1.29 is 9.53 Å². The number of amides is 1. The van der Waals surface area contributed by atoms with E-state index in [2.05, 4.69) is 20.2 Å². The van der Waals surface area contributed by atoms with Crippen molar-refractivity contribution in [3.05, 3.63) is 41.2 Å². The first-order valence-corrected chi connectivity index (χ1v) is 8.08. The van der Waals surface area contributed by atoms with Crippen LogP contribution in [0.5, 0.6) is 0 Å². The lowest BCUT2D eigenvalue weighted by Gasteiger charge is -2.31. The molecule has 0 aliphatic carbocycles. The second-order valence-corrected chi connectivity index (χ2v) is 6.95. The molecule has 2 aromatic heterocycles. The van der Waals surface area contributed by atoms with Gasteiger partial charge in [0.2, 0.25) is 0 Å². The monoisotopic (exact) mass is 340 g/mol. The summed E-state index contributed by atoms with van der Waals surface area (Å²) in [6, 6.07) is 5.14. The molecule has 0 bridgehead atoms. The first-order chi connectivity index (χ1) is 11.9. The molecule has 0 unspecified atom stereocenters. The molecule has 1 aliphatic rings.